The average molecular weight is 232 g/mol. The maximum absolute atomic E-state index is 10.3. The maximum Gasteiger partial charge on any atom is 0.305 e. The van der Waals surface area contributed by atoms with Crippen molar-refractivity contribution in [3.63, 3.8) is 0 Å². The number of rotatable bonds is 10. The molecule has 0 aliphatic carbocycles. The summed E-state index contributed by atoms with van der Waals surface area (Å²) < 4.78 is 0. The van der Waals surface area contributed by atoms with Crippen molar-refractivity contribution in [2.75, 3.05) is 0 Å². The SMILES string of the molecule is CCC(O)CCCCCCC(O)CC(=O)O. The van der Waals surface area contributed by atoms with Gasteiger partial charge in [-0.05, 0) is 19.3 Å². The molecule has 3 N–H and O–H groups in total. The molecule has 0 aromatic heterocycles. The zero-order chi connectivity index (χ0) is 12.4. The Hall–Kier alpha value is -0.610. The first-order valence-corrected chi connectivity index (χ1v) is 6.14. The molecular weight excluding hydrogens is 208 g/mol. The van der Waals surface area contributed by atoms with Gasteiger partial charge in [0, 0.05) is 0 Å². The third kappa shape index (κ3) is 9.93. The van der Waals surface area contributed by atoms with Gasteiger partial charge in [0.25, 0.3) is 0 Å². The molecule has 0 fully saturated rings. The van der Waals surface area contributed by atoms with Crippen LogP contribution in [0, 0.1) is 0 Å². The Kier molecular flexibility index (Phi) is 9.24. The zero-order valence-corrected chi connectivity index (χ0v) is 10.1. The van der Waals surface area contributed by atoms with E-state index in [9.17, 15) is 15.0 Å². The summed E-state index contributed by atoms with van der Waals surface area (Å²) in [6, 6.07) is 0. The van der Waals surface area contributed by atoms with Crippen molar-refractivity contribution in [3.05, 3.63) is 0 Å². The molecule has 2 atom stereocenters. The van der Waals surface area contributed by atoms with Gasteiger partial charge >= 0.3 is 5.97 Å². The van der Waals surface area contributed by atoms with Crippen LogP contribution >= 0.6 is 0 Å². The van der Waals surface area contributed by atoms with Crippen LogP contribution in [0.25, 0.3) is 0 Å². The fourth-order valence-electron chi connectivity index (χ4n) is 1.62. The molecule has 0 aromatic carbocycles. The molecule has 0 aliphatic heterocycles. The van der Waals surface area contributed by atoms with Crippen molar-refractivity contribution in [1.82, 2.24) is 0 Å². The highest BCUT2D eigenvalue weighted by molar-refractivity contribution is 5.67. The summed E-state index contributed by atoms with van der Waals surface area (Å²) >= 11 is 0. The molecule has 0 spiro atoms. The monoisotopic (exact) mass is 232 g/mol. The smallest absolute Gasteiger partial charge is 0.305 e. The summed E-state index contributed by atoms with van der Waals surface area (Å²) in [4.78, 5) is 10.3. The van der Waals surface area contributed by atoms with Crippen LogP contribution in [0.5, 0.6) is 0 Å². The lowest BCUT2D eigenvalue weighted by molar-refractivity contribution is -0.139. The van der Waals surface area contributed by atoms with Gasteiger partial charge in [-0.25, -0.2) is 0 Å². The molecule has 16 heavy (non-hydrogen) atoms. The number of carboxylic acids is 1. The van der Waals surface area contributed by atoms with Crippen molar-refractivity contribution in [2.24, 2.45) is 0 Å². The van der Waals surface area contributed by atoms with Gasteiger partial charge in [0.1, 0.15) is 0 Å². The third-order valence-corrected chi connectivity index (χ3v) is 2.71. The fraction of sp³-hybridized carbons (Fsp3) is 0.917. The van der Waals surface area contributed by atoms with Crippen LogP contribution < -0.4 is 0 Å². The second-order valence-corrected chi connectivity index (χ2v) is 4.31. The van der Waals surface area contributed by atoms with E-state index < -0.39 is 12.1 Å². The Bertz CT molecular complexity index is 182. The summed E-state index contributed by atoms with van der Waals surface area (Å²) in [6.45, 7) is 1.97. The maximum atomic E-state index is 10.3. The Labute approximate surface area is 97.3 Å². The van der Waals surface area contributed by atoms with Gasteiger partial charge in [-0.3, -0.25) is 4.79 Å². The van der Waals surface area contributed by atoms with Crippen LogP contribution in [0.15, 0.2) is 0 Å². The summed E-state index contributed by atoms with van der Waals surface area (Å²) in [7, 11) is 0. The fourth-order valence-corrected chi connectivity index (χ4v) is 1.62. The third-order valence-electron chi connectivity index (χ3n) is 2.71. The molecular formula is C12H24O4. The van der Waals surface area contributed by atoms with E-state index in [2.05, 4.69) is 0 Å². The van der Waals surface area contributed by atoms with Crippen LogP contribution in [-0.4, -0.2) is 33.5 Å². The van der Waals surface area contributed by atoms with Crippen LogP contribution in [0.1, 0.15) is 58.3 Å². The number of hydrogen-bond donors (Lipinski definition) is 3. The highest BCUT2D eigenvalue weighted by atomic mass is 16.4. The van der Waals surface area contributed by atoms with Gasteiger partial charge in [-0.2, -0.15) is 0 Å². The van der Waals surface area contributed by atoms with Gasteiger partial charge in [0.05, 0.1) is 18.6 Å². The average Bonchev–Trinajstić information content (AvgIpc) is 2.21. The van der Waals surface area contributed by atoms with E-state index in [1.165, 1.54) is 0 Å². The first-order chi connectivity index (χ1) is 7.56. The van der Waals surface area contributed by atoms with Crippen LogP contribution in [0.3, 0.4) is 0 Å². The Morgan fingerprint density at radius 3 is 1.94 bits per heavy atom. The normalized spacial score (nSPS) is 14.7. The van der Waals surface area contributed by atoms with E-state index >= 15 is 0 Å². The highest BCUT2D eigenvalue weighted by Gasteiger charge is 2.08. The summed E-state index contributed by atoms with van der Waals surface area (Å²) in [5, 5.41) is 27.0. The molecule has 2 unspecified atom stereocenters. The number of unbranched alkanes of at least 4 members (excludes halogenated alkanes) is 3. The van der Waals surface area contributed by atoms with Crippen molar-refractivity contribution >= 4 is 5.97 Å². The number of carboxylic acid groups (broad SMARTS) is 1. The molecule has 0 rings (SSSR count). The minimum absolute atomic E-state index is 0.158. The molecule has 0 saturated heterocycles. The van der Waals surface area contributed by atoms with Gasteiger partial charge < -0.3 is 15.3 Å². The van der Waals surface area contributed by atoms with Crippen molar-refractivity contribution in [2.45, 2.75) is 70.5 Å². The number of aliphatic carboxylic acids is 1. The topological polar surface area (TPSA) is 77.8 Å². The van der Waals surface area contributed by atoms with E-state index in [0.29, 0.717) is 6.42 Å². The molecule has 96 valence electrons. The van der Waals surface area contributed by atoms with E-state index in [1.54, 1.807) is 0 Å². The highest BCUT2D eigenvalue weighted by Crippen LogP contribution is 2.11. The lowest BCUT2D eigenvalue weighted by atomic mass is 10.0. The van der Waals surface area contributed by atoms with E-state index in [1.807, 2.05) is 6.92 Å². The van der Waals surface area contributed by atoms with Crippen molar-refractivity contribution in [1.29, 1.82) is 0 Å². The minimum atomic E-state index is -0.946. The molecule has 0 heterocycles. The lowest BCUT2D eigenvalue weighted by Gasteiger charge is -2.08. The van der Waals surface area contributed by atoms with E-state index in [0.717, 1.165) is 38.5 Å². The van der Waals surface area contributed by atoms with Crippen molar-refractivity contribution < 1.29 is 20.1 Å². The number of hydrogen-bond acceptors (Lipinski definition) is 3. The molecule has 0 bridgehead atoms. The Morgan fingerprint density at radius 2 is 1.50 bits per heavy atom. The molecule has 0 aromatic rings. The van der Waals surface area contributed by atoms with Crippen molar-refractivity contribution in [3.8, 4) is 0 Å². The second kappa shape index (κ2) is 9.60. The summed E-state index contributed by atoms with van der Waals surface area (Å²) in [5.41, 5.74) is 0. The van der Waals surface area contributed by atoms with Gasteiger partial charge in [0.2, 0.25) is 0 Å². The lowest BCUT2D eigenvalue weighted by Crippen LogP contribution is -2.12. The second-order valence-electron chi connectivity index (χ2n) is 4.31. The predicted molar refractivity (Wildman–Crippen MR) is 62.3 cm³/mol. The molecule has 0 amide bonds. The molecule has 4 nitrogen and oxygen atoms in total. The summed E-state index contributed by atoms with van der Waals surface area (Å²) in [5.74, 6) is -0.946. The Balaban J connectivity index is 3.23. The first kappa shape index (κ1) is 15.4. The van der Waals surface area contributed by atoms with E-state index in [-0.39, 0.29) is 12.5 Å². The van der Waals surface area contributed by atoms with Gasteiger partial charge in [0.15, 0.2) is 0 Å². The molecule has 0 aliphatic rings. The zero-order valence-electron chi connectivity index (χ0n) is 10.1. The van der Waals surface area contributed by atoms with Crippen LogP contribution in [-0.2, 0) is 4.79 Å². The van der Waals surface area contributed by atoms with Gasteiger partial charge in [-0.15, -0.1) is 0 Å². The van der Waals surface area contributed by atoms with Gasteiger partial charge in [-0.1, -0.05) is 32.6 Å². The minimum Gasteiger partial charge on any atom is -0.481 e. The molecule has 0 saturated carbocycles. The van der Waals surface area contributed by atoms with E-state index in [4.69, 9.17) is 5.11 Å². The molecule has 4 heteroatoms. The largest absolute Gasteiger partial charge is 0.481 e. The quantitative estimate of drug-likeness (QED) is 0.503. The predicted octanol–water partition coefficient (Wildman–Crippen LogP) is 1.93. The standard InChI is InChI=1S/C12H24O4/c1-2-10(13)7-5-3-4-6-8-11(14)9-12(15)16/h10-11,13-14H,2-9H2,1H3,(H,15,16). The van der Waals surface area contributed by atoms with Crippen LogP contribution in [0.2, 0.25) is 0 Å². The van der Waals surface area contributed by atoms with Crippen LogP contribution in [0.4, 0.5) is 0 Å². The number of aliphatic hydroxyl groups is 2. The number of aliphatic hydroxyl groups excluding tert-OH is 2. The first-order valence-electron chi connectivity index (χ1n) is 6.14. The summed E-state index contributed by atoms with van der Waals surface area (Å²) in [6.07, 6.45) is 5.05. The molecule has 0 radical (unpaired) electrons. The Morgan fingerprint density at radius 1 is 1.00 bits per heavy atom. The number of carbonyl (C=O) groups is 1.